The van der Waals surface area contributed by atoms with Gasteiger partial charge in [-0.05, 0) is 19.4 Å². The standard InChI is InChI=1S/C18H29N7O3S/c1-6-7-8-18(3,11-21-12(2)26)24-16-15-14(22-17(19)23-16)9-13(10-20-15)29(27,28)25(4)5/h9-10H,6-8,11H2,1-5H3,(H,21,26)(H3,19,22,23,24)/t18-/m1/s1. The molecule has 1 amide bonds. The Bertz CT molecular complexity index is 994. The van der Waals surface area contributed by atoms with Gasteiger partial charge in [0.15, 0.2) is 5.82 Å². The van der Waals surface area contributed by atoms with E-state index < -0.39 is 15.6 Å². The van der Waals surface area contributed by atoms with Crippen molar-refractivity contribution >= 4 is 38.7 Å². The van der Waals surface area contributed by atoms with Gasteiger partial charge in [-0.1, -0.05) is 19.8 Å². The van der Waals surface area contributed by atoms with Crippen LogP contribution in [0.5, 0.6) is 0 Å². The Kier molecular flexibility index (Phi) is 6.96. The number of hydrogen-bond donors (Lipinski definition) is 3. The maximum atomic E-state index is 12.4. The molecule has 0 aliphatic carbocycles. The van der Waals surface area contributed by atoms with E-state index in [9.17, 15) is 13.2 Å². The Hall–Kier alpha value is -2.53. The van der Waals surface area contributed by atoms with Crippen LogP contribution in [0.4, 0.5) is 11.8 Å². The van der Waals surface area contributed by atoms with E-state index in [1.54, 1.807) is 0 Å². The number of carbonyl (C=O) groups is 1. The van der Waals surface area contributed by atoms with Gasteiger partial charge in [0.1, 0.15) is 10.4 Å². The van der Waals surface area contributed by atoms with E-state index in [4.69, 9.17) is 5.73 Å². The first kappa shape index (κ1) is 22.8. The quantitative estimate of drug-likeness (QED) is 0.548. The average molecular weight is 424 g/mol. The second kappa shape index (κ2) is 8.87. The summed E-state index contributed by atoms with van der Waals surface area (Å²) < 4.78 is 25.9. The van der Waals surface area contributed by atoms with Crippen molar-refractivity contribution in [1.82, 2.24) is 24.6 Å². The zero-order valence-corrected chi connectivity index (χ0v) is 18.3. The van der Waals surface area contributed by atoms with Crippen molar-refractivity contribution in [3.8, 4) is 0 Å². The molecule has 0 aliphatic heterocycles. The highest BCUT2D eigenvalue weighted by molar-refractivity contribution is 7.89. The summed E-state index contributed by atoms with van der Waals surface area (Å²) in [5.41, 5.74) is 6.10. The Labute approximate surface area is 171 Å². The summed E-state index contributed by atoms with van der Waals surface area (Å²) in [5, 5.41) is 6.18. The largest absolute Gasteiger partial charge is 0.368 e. The number of nitrogen functional groups attached to an aromatic ring is 1. The zero-order valence-electron chi connectivity index (χ0n) is 17.5. The fourth-order valence-electron chi connectivity index (χ4n) is 2.82. The normalized spacial score (nSPS) is 14.0. The van der Waals surface area contributed by atoms with Crippen molar-refractivity contribution in [2.24, 2.45) is 0 Å². The van der Waals surface area contributed by atoms with Crippen LogP contribution >= 0.6 is 0 Å². The minimum atomic E-state index is -3.66. The predicted octanol–water partition coefficient (Wildman–Crippen LogP) is 1.35. The molecule has 0 fully saturated rings. The molecule has 0 radical (unpaired) electrons. The lowest BCUT2D eigenvalue weighted by Crippen LogP contribution is -2.46. The Morgan fingerprint density at radius 3 is 2.59 bits per heavy atom. The van der Waals surface area contributed by atoms with E-state index in [-0.39, 0.29) is 16.8 Å². The molecule has 2 aromatic rings. The number of sulfonamides is 1. The SMILES string of the molecule is CCCC[C@](C)(CNC(C)=O)Nc1nc(N)nc2cc(S(=O)(=O)N(C)C)cnc12. The van der Waals surface area contributed by atoms with Crippen molar-refractivity contribution in [1.29, 1.82) is 0 Å². The molecule has 2 aromatic heterocycles. The molecule has 10 nitrogen and oxygen atoms in total. The molecular weight excluding hydrogens is 394 g/mol. The van der Waals surface area contributed by atoms with Crippen LogP contribution in [-0.2, 0) is 14.8 Å². The number of nitrogens with zero attached hydrogens (tertiary/aromatic N) is 4. The smallest absolute Gasteiger partial charge is 0.244 e. The maximum Gasteiger partial charge on any atom is 0.244 e. The van der Waals surface area contributed by atoms with E-state index in [2.05, 4.69) is 32.5 Å². The van der Waals surface area contributed by atoms with Crippen molar-refractivity contribution < 1.29 is 13.2 Å². The lowest BCUT2D eigenvalue weighted by Gasteiger charge is -2.32. The summed E-state index contributed by atoms with van der Waals surface area (Å²) in [7, 11) is -0.765. The fourth-order valence-corrected chi connectivity index (χ4v) is 3.69. The van der Waals surface area contributed by atoms with Crippen LogP contribution in [-0.4, -0.2) is 59.8 Å². The van der Waals surface area contributed by atoms with E-state index in [0.717, 1.165) is 23.6 Å². The number of nitrogens with two attached hydrogens (primary N) is 1. The summed E-state index contributed by atoms with van der Waals surface area (Å²) in [6, 6.07) is 1.43. The molecule has 0 aliphatic rings. The predicted molar refractivity (Wildman–Crippen MR) is 113 cm³/mol. The van der Waals surface area contributed by atoms with E-state index >= 15 is 0 Å². The van der Waals surface area contributed by atoms with Crippen LogP contribution in [0.2, 0.25) is 0 Å². The molecule has 4 N–H and O–H groups in total. The number of unbranched alkanes of at least 4 members (excludes halogenated alkanes) is 1. The van der Waals surface area contributed by atoms with Crippen LogP contribution in [0.3, 0.4) is 0 Å². The van der Waals surface area contributed by atoms with Gasteiger partial charge in [-0.15, -0.1) is 0 Å². The van der Waals surface area contributed by atoms with Gasteiger partial charge in [-0.2, -0.15) is 4.98 Å². The Morgan fingerprint density at radius 1 is 1.31 bits per heavy atom. The number of rotatable bonds is 9. The topological polar surface area (TPSA) is 143 Å². The van der Waals surface area contributed by atoms with Crippen molar-refractivity contribution in [3.05, 3.63) is 12.3 Å². The highest BCUT2D eigenvalue weighted by Crippen LogP contribution is 2.27. The van der Waals surface area contributed by atoms with Gasteiger partial charge in [-0.25, -0.2) is 22.7 Å². The van der Waals surface area contributed by atoms with Crippen molar-refractivity contribution in [2.75, 3.05) is 31.7 Å². The number of anilines is 2. The third kappa shape index (κ3) is 5.51. The lowest BCUT2D eigenvalue weighted by molar-refractivity contribution is -0.119. The van der Waals surface area contributed by atoms with Crippen LogP contribution in [0.15, 0.2) is 17.2 Å². The highest BCUT2D eigenvalue weighted by Gasteiger charge is 2.27. The number of pyridine rings is 1. The van der Waals surface area contributed by atoms with Crippen LogP contribution in [0.25, 0.3) is 11.0 Å². The lowest BCUT2D eigenvalue weighted by atomic mass is 9.94. The van der Waals surface area contributed by atoms with Crippen LogP contribution in [0.1, 0.15) is 40.0 Å². The van der Waals surface area contributed by atoms with Crippen molar-refractivity contribution in [2.45, 2.75) is 50.5 Å². The molecule has 0 aromatic carbocycles. The molecule has 11 heteroatoms. The molecule has 0 saturated carbocycles. The summed E-state index contributed by atoms with van der Waals surface area (Å²) in [6.45, 7) is 5.92. The van der Waals surface area contributed by atoms with Gasteiger partial charge in [0.05, 0.1) is 11.1 Å². The first-order valence-electron chi connectivity index (χ1n) is 9.37. The van der Waals surface area contributed by atoms with Gasteiger partial charge in [0, 0.05) is 33.8 Å². The molecule has 0 spiro atoms. The molecule has 2 rings (SSSR count). The molecule has 1 atom stereocenters. The molecular formula is C18H29N7O3S. The third-order valence-corrected chi connectivity index (χ3v) is 6.32. The van der Waals surface area contributed by atoms with Gasteiger partial charge in [0.2, 0.25) is 21.9 Å². The number of fused-ring (bicyclic) bond motifs is 1. The second-order valence-corrected chi connectivity index (χ2v) is 9.61. The van der Waals surface area contributed by atoms with E-state index in [1.807, 2.05) is 6.92 Å². The highest BCUT2D eigenvalue weighted by atomic mass is 32.2. The van der Waals surface area contributed by atoms with Gasteiger partial charge in [0.25, 0.3) is 0 Å². The number of amides is 1. The first-order valence-corrected chi connectivity index (χ1v) is 10.8. The van der Waals surface area contributed by atoms with Crippen molar-refractivity contribution in [3.63, 3.8) is 0 Å². The zero-order chi connectivity index (χ0) is 21.8. The maximum absolute atomic E-state index is 12.4. The summed E-state index contributed by atoms with van der Waals surface area (Å²) in [5.74, 6) is 0.266. The molecule has 0 unspecified atom stereocenters. The van der Waals surface area contributed by atoms with Crippen LogP contribution < -0.4 is 16.4 Å². The minimum absolute atomic E-state index is 0.00132. The van der Waals surface area contributed by atoms with E-state index in [1.165, 1.54) is 33.3 Å². The van der Waals surface area contributed by atoms with Gasteiger partial charge >= 0.3 is 0 Å². The third-order valence-electron chi connectivity index (χ3n) is 4.54. The van der Waals surface area contributed by atoms with E-state index in [0.29, 0.717) is 23.4 Å². The average Bonchev–Trinajstić information content (AvgIpc) is 2.64. The number of nitrogens with one attached hydrogen (secondary N) is 2. The number of aromatic nitrogens is 3. The molecule has 2 heterocycles. The molecule has 29 heavy (non-hydrogen) atoms. The molecule has 0 bridgehead atoms. The second-order valence-electron chi connectivity index (χ2n) is 7.46. The minimum Gasteiger partial charge on any atom is -0.368 e. The van der Waals surface area contributed by atoms with Crippen LogP contribution in [0, 0.1) is 0 Å². The number of hydrogen-bond acceptors (Lipinski definition) is 8. The fraction of sp³-hybridized carbons (Fsp3) is 0.556. The van der Waals surface area contributed by atoms with Gasteiger partial charge < -0.3 is 16.4 Å². The Morgan fingerprint density at radius 2 is 2.00 bits per heavy atom. The first-order chi connectivity index (χ1) is 13.5. The molecule has 160 valence electrons. The summed E-state index contributed by atoms with van der Waals surface area (Å²) >= 11 is 0. The number of carbonyl (C=O) groups excluding carboxylic acids is 1. The summed E-state index contributed by atoms with van der Waals surface area (Å²) in [4.78, 5) is 24.1. The summed E-state index contributed by atoms with van der Waals surface area (Å²) in [6.07, 6.45) is 4.00. The Balaban J connectivity index is 2.49. The monoisotopic (exact) mass is 423 g/mol. The van der Waals surface area contributed by atoms with Gasteiger partial charge in [-0.3, -0.25) is 4.79 Å². The molecule has 0 saturated heterocycles.